The molecule has 32 heavy (non-hydrogen) atoms. The SMILES string of the molecule is Cc1cc(-c2nn(-c3ccccc3)cc2C=C2SC(=N)NC2=O)ccc1OCCC(C)C. The van der Waals surface area contributed by atoms with Gasteiger partial charge < -0.3 is 10.1 Å². The van der Waals surface area contributed by atoms with Gasteiger partial charge in [0.2, 0.25) is 0 Å². The highest BCUT2D eigenvalue weighted by Crippen LogP contribution is 2.32. The maximum Gasteiger partial charge on any atom is 0.264 e. The molecule has 2 aromatic carbocycles. The molecular weight excluding hydrogens is 420 g/mol. The molecule has 1 aromatic heterocycles. The Morgan fingerprint density at radius 2 is 2.00 bits per heavy atom. The molecule has 2 N–H and O–H groups in total. The zero-order chi connectivity index (χ0) is 22.7. The monoisotopic (exact) mass is 446 g/mol. The second kappa shape index (κ2) is 9.44. The molecule has 0 spiro atoms. The van der Waals surface area contributed by atoms with Crippen molar-refractivity contribution < 1.29 is 9.53 Å². The number of nitrogens with one attached hydrogen (secondary N) is 2. The lowest BCUT2D eigenvalue weighted by molar-refractivity contribution is -0.115. The van der Waals surface area contributed by atoms with Gasteiger partial charge in [-0.25, -0.2) is 4.68 Å². The highest BCUT2D eigenvalue weighted by molar-refractivity contribution is 8.18. The molecule has 0 saturated carbocycles. The molecule has 0 bridgehead atoms. The molecule has 1 fully saturated rings. The van der Waals surface area contributed by atoms with E-state index >= 15 is 0 Å². The van der Waals surface area contributed by atoms with E-state index in [-0.39, 0.29) is 11.1 Å². The first kappa shape index (κ1) is 21.9. The molecule has 1 amide bonds. The van der Waals surface area contributed by atoms with Gasteiger partial charge in [0, 0.05) is 17.3 Å². The average molecular weight is 447 g/mol. The van der Waals surface area contributed by atoms with Crippen LogP contribution in [0.4, 0.5) is 0 Å². The summed E-state index contributed by atoms with van der Waals surface area (Å²) in [6.07, 6.45) is 4.72. The molecular formula is C25H26N4O2S. The molecule has 164 valence electrons. The van der Waals surface area contributed by atoms with Crippen LogP contribution in [-0.2, 0) is 4.79 Å². The first-order valence-corrected chi connectivity index (χ1v) is 11.4. The van der Waals surface area contributed by atoms with Crippen molar-refractivity contribution in [2.24, 2.45) is 5.92 Å². The Morgan fingerprint density at radius 3 is 2.66 bits per heavy atom. The molecule has 4 rings (SSSR count). The summed E-state index contributed by atoms with van der Waals surface area (Å²) in [7, 11) is 0. The summed E-state index contributed by atoms with van der Waals surface area (Å²) >= 11 is 1.12. The highest BCUT2D eigenvalue weighted by Gasteiger charge is 2.23. The number of hydrogen-bond acceptors (Lipinski definition) is 5. The van der Waals surface area contributed by atoms with Crippen molar-refractivity contribution in [1.29, 1.82) is 5.41 Å². The van der Waals surface area contributed by atoms with E-state index in [4.69, 9.17) is 15.2 Å². The number of amides is 1. The van der Waals surface area contributed by atoms with Gasteiger partial charge in [-0.15, -0.1) is 0 Å². The van der Waals surface area contributed by atoms with Gasteiger partial charge in [-0.3, -0.25) is 10.2 Å². The molecule has 0 radical (unpaired) electrons. The van der Waals surface area contributed by atoms with Crippen LogP contribution < -0.4 is 10.1 Å². The van der Waals surface area contributed by atoms with Crippen LogP contribution >= 0.6 is 11.8 Å². The molecule has 1 aliphatic rings. The number of hydrogen-bond donors (Lipinski definition) is 2. The van der Waals surface area contributed by atoms with E-state index in [9.17, 15) is 4.79 Å². The summed E-state index contributed by atoms with van der Waals surface area (Å²) in [6.45, 7) is 7.09. The normalized spacial score (nSPS) is 14.9. The Labute approximate surface area is 192 Å². The van der Waals surface area contributed by atoms with E-state index in [0.29, 0.717) is 17.4 Å². The average Bonchev–Trinajstić information content (AvgIpc) is 3.32. The fraction of sp³-hybridized carbons (Fsp3) is 0.240. The first-order valence-electron chi connectivity index (χ1n) is 10.6. The molecule has 0 unspecified atom stereocenters. The number of aromatic nitrogens is 2. The lowest BCUT2D eigenvalue weighted by Gasteiger charge is -2.11. The maximum atomic E-state index is 12.2. The van der Waals surface area contributed by atoms with Crippen LogP contribution in [0, 0.1) is 18.3 Å². The van der Waals surface area contributed by atoms with Crippen molar-refractivity contribution in [2.45, 2.75) is 27.2 Å². The number of thioether (sulfide) groups is 1. The Bertz CT molecular complexity index is 1180. The van der Waals surface area contributed by atoms with Crippen LogP contribution in [0.25, 0.3) is 23.0 Å². The number of ether oxygens (including phenoxy) is 1. The minimum Gasteiger partial charge on any atom is -0.493 e. The number of aryl methyl sites for hydroxylation is 1. The number of amidine groups is 1. The predicted octanol–water partition coefficient (Wildman–Crippen LogP) is 5.41. The van der Waals surface area contributed by atoms with Crippen LogP contribution in [0.3, 0.4) is 0 Å². The van der Waals surface area contributed by atoms with Gasteiger partial charge in [0.1, 0.15) is 11.4 Å². The molecule has 1 saturated heterocycles. The van der Waals surface area contributed by atoms with Crippen molar-refractivity contribution in [3.8, 4) is 22.7 Å². The largest absolute Gasteiger partial charge is 0.493 e. The Balaban J connectivity index is 1.71. The summed E-state index contributed by atoms with van der Waals surface area (Å²) in [6, 6.07) is 15.9. The van der Waals surface area contributed by atoms with Crippen molar-refractivity contribution in [3.63, 3.8) is 0 Å². The fourth-order valence-corrected chi connectivity index (χ4v) is 4.07. The van der Waals surface area contributed by atoms with Crippen molar-refractivity contribution in [2.75, 3.05) is 6.61 Å². The molecule has 0 aliphatic carbocycles. The van der Waals surface area contributed by atoms with E-state index in [1.807, 2.05) is 60.3 Å². The lowest BCUT2D eigenvalue weighted by atomic mass is 10.0. The van der Waals surface area contributed by atoms with E-state index < -0.39 is 0 Å². The number of carbonyl (C=O) groups excluding carboxylic acids is 1. The molecule has 2 heterocycles. The van der Waals surface area contributed by atoms with E-state index in [2.05, 4.69) is 25.2 Å². The third kappa shape index (κ3) is 4.94. The Kier molecular flexibility index (Phi) is 6.46. The van der Waals surface area contributed by atoms with Gasteiger partial charge in [-0.2, -0.15) is 5.10 Å². The maximum absolute atomic E-state index is 12.2. The fourth-order valence-electron chi connectivity index (χ4n) is 3.38. The Hall–Kier alpha value is -3.32. The first-order chi connectivity index (χ1) is 15.4. The van der Waals surface area contributed by atoms with Crippen LogP contribution in [0.5, 0.6) is 5.75 Å². The van der Waals surface area contributed by atoms with Crippen LogP contribution in [0.1, 0.15) is 31.4 Å². The van der Waals surface area contributed by atoms with Gasteiger partial charge in [0.15, 0.2) is 5.17 Å². The standard InChI is InChI=1S/C25H26N4O2S/c1-16(2)11-12-31-21-10-9-18(13-17(21)3)23-19(14-22-24(30)27-25(26)32-22)15-29(28-23)20-7-5-4-6-8-20/h4-10,13-16H,11-12H2,1-3H3,(H2,26,27,30). The minimum atomic E-state index is -0.261. The number of nitrogens with zero attached hydrogens (tertiary/aromatic N) is 2. The van der Waals surface area contributed by atoms with Gasteiger partial charge in [-0.1, -0.05) is 32.0 Å². The third-order valence-electron chi connectivity index (χ3n) is 5.11. The van der Waals surface area contributed by atoms with E-state index in [0.717, 1.165) is 52.0 Å². The van der Waals surface area contributed by atoms with Crippen LogP contribution in [0.2, 0.25) is 0 Å². The van der Waals surface area contributed by atoms with Gasteiger partial charge in [-0.05, 0) is 73.0 Å². The van der Waals surface area contributed by atoms with Crippen LogP contribution in [0.15, 0.2) is 59.6 Å². The summed E-state index contributed by atoms with van der Waals surface area (Å²) in [4.78, 5) is 12.7. The predicted molar refractivity (Wildman–Crippen MR) is 130 cm³/mol. The van der Waals surface area contributed by atoms with Gasteiger partial charge >= 0.3 is 0 Å². The minimum absolute atomic E-state index is 0.136. The number of para-hydroxylation sites is 1. The molecule has 1 aliphatic heterocycles. The van der Waals surface area contributed by atoms with Crippen molar-refractivity contribution >= 4 is 28.9 Å². The molecule has 3 aromatic rings. The molecule has 7 heteroatoms. The summed E-state index contributed by atoms with van der Waals surface area (Å²) in [5.41, 5.74) is 4.49. The van der Waals surface area contributed by atoms with Gasteiger partial charge in [0.05, 0.1) is 17.2 Å². The second-order valence-corrected chi connectivity index (χ2v) is 9.17. The zero-order valence-electron chi connectivity index (χ0n) is 18.4. The van der Waals surface area contributed by atoms with E-state index in [1.165, 1.54) is 0 Å². The third-order valence-corrected chi connectivity index (χ3v) is 5.94. The topological polar surface area (TPSA) is 80.0 Å². The second-order valence-electron chi connectivity index (χ2n) is 8.12. The smallest absolute Gasteiger partial charge is 0.264 e. The molecule has 6 nitrogen and oxygen atoms in total. The summed E-state index contributed by atoms with van der Waals surface area (Å²) in [5, 5.41) is 15.2. The summed E-state index contributed by atoms with van der Waals surface area (Å²) < 4.78 is 7.77. The van der Waals surface area contributed by atoms with Crippen molar-refractivity contribution in [1.82, 2.24) is 15.1 Å². The van der Waals surface area contributed by atoms with E-state index in [1.54, 1.807) is 6.08 Å². The number of rotatable bonds is 7. The molecule has 0 atom stereocenters. The van der Waals surface area contributed by atoms with Crippen molar-refractivity contribution in [3.05, 3.63) is 70.8 Å². The highest BCUT2D eigenvalue weighted by atomic mass is 32.2. The zero-order valence-corrected chi connectivity index (χ0v) is 19.2. The Morgan fingerprint density at radius 1 is 1.22 bits per heavy atom. The van der Waals surface area contributed by atoms with Crippen LogP contribution in [-0.4, -0.2) is 27.5 Å². The summed E-state index contributed by atoms with van der Waals surface area (Å²) in [5.74, 6) is 1.21. The number of benzene rings is 2. The lowest BCUT2D eigenvalue weighted by Crippen LogP contribution is -2.18. The van der Waals surface area contributed by atoms with Gasteiger partial charge in [0.25, 0.3) is 5.91 Å². The quantitative estimate of drug-likeness (QED) is 0.476. The number of carbonyl (C=O) groups is 1.